The molecular formula is C23H23N5O4S. The number of nitrogens with one attached hydrogen (secondary N) is 3. The number of aromatic nitrogens is 3. The lowest BCUT2D eigenvalue weighted by Crippen LogP contribution is -2.23. The van der Waals surface area contributed by atoms with E-state index in [9.17, 15) is 19.2 Å². The summed E-state index contributed by atoms with van der Waals surface area (Å²) < 4.78 is 0. The van der Waals surface area contributed by atoms with Gasteiger partial charge in [0.05, 0.1) is 10.9 Å². The zero-order valence-electron chi connectivity index (χ0n) is 18.6. The van der Waals surface area contributed by atoms with E-state index < -0.39 is 10.8 Å². The number of benzene rings is 2. The molecule has 0 bridgehead atoms. The number of nitrogens with zero attached hydrogens (tertiary/aromatic N) is 2. The monoisotopic (exact) mass is 465 g/mol. The van der Waals surface area contributed by atoms with E-state index in [0.29, 0.717) is 22.5 Å². The van der Waals surface area contributed by atoms with E-state index in [4.69, 9.17) is 0 Å². The van der Waals surface area contributed by atoms with E-state index in [2.05, 4.69) is 25.8 Å². The number of amides is 2. The zero-order valence-corrected chi connectivity index (χ0v) is 19.4. The number of anilines is 2. The summed E-state index contributed by atoms with van der Waals surface area (Å²) in [5.74, 6) is -0.626. The first-order valence-electron chi connectivity index (χ1n) is 10.1. The van der Waals surface area contributed by atoms with Gasteiger partial charge in [-0.2, -0.15) is 0 Å². The number of thioether (sulfide) groups is 1. The fraction of sp³-hybridized carbons (Fsp3) is 0.217. The molecule has 2 amide bonds. The van der Waals surface area contributed by atoms with E-state index in [1.165, 1.54) is 13.8 Å². The number of aromatic amines is 1. The van der Waals surface area contributed by atoms with Crippen molar-refractivity contribution < 1.29 is 14.4 Å². The van der Waals surface area contributed by atoms with Crippen molar-refractivity contribution in [2.24, 2.45) is 0 Å². The second kappa shape index (κ2) is 10.2. The third kappa shape index (κ3) is 6.13. The van der Waals surface area contributed by atoms with Gasteiger partial charge in [-0.25, -0.2) is 0 Å². The van der Waals surface area contributed by atoms with Crippen molar-refractivity contribution in [2.45, 2.75) is 38.1 Å². The quantitative estimate of drug-likeness (QED) is 0.359. The van der Waals surface area contributed by atoms with Crippen LogP contribution in [0, 0.1) is 6.92 Å². The minimum Gasteiger partial charge on any atom is -0.326 e. The highest BCUT2D eigenvalue weighted by Crippen LogP contribution is 2.26. The summed E-state index contributed by atoms with van der Waals surface area (Å²) in [7, 11) is 0. The highest BCUT2D eigenvalue weighted by atomic mass is 32.2. The second-order valence-corrected chi connectivity index (χ2v) is 8.75. The van der Waals surface area contributed by atoms with Gasteiger partial charge in [-0.3, -0.25) is 24.2 Å². The van der Waals surface area contributed by atoms with Gasteiger partial charge in [0.1, 0.15) is 0 Å². The smallest absolute Gasteiger partial charge is 0.278 e. The molecule has 3 aromatic rings. The van der Waals surface area contributed by atoms with Crippen molar-refractivity contribution in [3.8, 4) is 11.3 Å². The number of H-pyrrole nitrogens is 1. The van der Waals surface area contributed by atoms with Crippen LogP contribution in [0.1, 0.15) is 36.7 Å². The van der Waals surface area contributed by atoms with E-state index in [1.807, 2.05) is 13.0 Å². The molecule has 0 spiro atoms. The summed E-state index contributed by atoms with van der Waals surface area (Å²) >= 11 is 1.05. The first-order valence-corrected chi connectivity index (χ1v) is 11.0. The highest BCUT2D eigenvalue weighted by Gasteiger charge is 2.19. The van der Waals surface area contributed by atoms with Crippen LogP contribution in [0.15, 0.2) is 52.4 Å². The Morgan fingerprint density at radius 2 is 1.70 bits per heavy atom. The topological polar surface area (TPSA) is 134 Å². The molecule has 3 N–H and O–H groups in total. The van der Waals surface area contributed by atoms with Crippen LogP contribution in [-0.4, -0.2) is 38.0 Å². The summed E-state index contributed by atoms with van der Waals surface area (Å²) in [5.41, 5.74) is 2.48. The van der Waals surface area contributed by atoms with Gasteiger partial charge in [0, 0.05) is 23.7 Å². The third-order valence-electron chi connectivity index (χ3n) is 4.63. The number of aryl methyl sites for hydroxylation is 1. The number of hydrogen-bond acceptors (Lipinski definition) is 7. The summed E-state index contributed by atoms with van der Waals surface area (Å²) in [6.07, 6.45) is 0. The van der Waals surface area contributed by atoms with E-state index >= 15 is 0 Å². The highest BCUT2D eigenvalue weighted by molar-refractivity contribution is 8.00. The maximum absolute atomic E-state index is 12.7. The lowest BCUT2D eigenvalue weighted by atomic mass is 10.1. The molecule has 0 radical (unpaired) electrons. The number of carbonyl (C=O) groups is 3. The van der Waals surface area contributed by atoms with E-state index in [1.54, 1.807) is 43.3 Å². The molecule has 0 aliphatic rings. The Labute approximate surface area is 194 Å². The molecular weight excluding hydrogens is 442 g/mol. The Kier molecular flexibility index (Phi) is 7.39. The van der Waals surface area contributed by atoms with Crippen LogP contribution in [0.3, 0.4) is 0 Å². The number of ketones is 1. The fourth-order valence-electron chi connectivity index (χ4n) is 2.96. The standard InChI is InChI=1S/C23H23N5O4S/c1-12-5-10-19(24-15(4)30)18(11-12)20-22(32)26-23(28-27-20)33-14(3)21(31)25-17-8-6-16(7-9-17)13(2)29/h5-11,14H,1-4H3,(H,24,30)(H,25,31)(H,26,28,32)/t14-/m1/s1. The van der Waals surface area contributed by atoms with Gasteiger partial charge in [0.2, 0.25) is 11.8 Å². The Morgan fingerprint density at radius 3 is 2.30 bits per heavy atom. The number of Topliss-reactive ketones (excluding diaryl/α,β-unsaturated/α-hetero) is 1. The van der Waals surface area contributed by atoms with Crippen LogP contribution >= 0.6 is 11.8 Å². The molecule has 2 aromatic carbocycles. The molecule has 1 heterocycles. The molecule has 0 saturated heterocycles. The maximum Gasteiger partial charge on any atom is 0.278 e. The van der Waals surface area contributed by atoms with Gasteiger partial charge >= 0.3 is 0 Å². The fourth-order valence-corrected chi connectivity index (χ4v) is 3.70. The van der Waals surface area contributed by atoms with Crippen LogP contribution in [0.5, 0.6) is 0 Å². The Morgan fingerprint density at radius 1 is 1.00 bits per heavy atom. The molecule has 170 valence electrons. The van der Waals surface area contributed by atoms with E-state index in [-0.39, 0.29) is 28.4 Å². The predicted molar refractivity (Wildman–Crippen MR) is 128 cm³/mol. The SMILES string of the molecule is CC(=O)Nc1ccc(C)cc1-c1nnc(S[C@H](C)C(=O)Nc2ccc(C(C)=O)cc2)[nH]c1=O. The summed E-state index contributed by atoms with van der Waals surface area (Å²) in [4.78, 5) is 50.7. The van der Waals surface area contributed by atoms with Crippen LogP contribution in [0.25, 0.3) is 11.3 Å². The van der Waals surface area contributed by atoms with Gasteiger partial charge in [-0.15, -0.1) is 10.2 Å². The molecule has 0 aliphatic heterocycles. The van der Waals surface area contributed by atoms with Crippen LogP contribution in [0.2, 0.25) is 0 Å². The van der Waals surface area contributed by atoms with Crippen molar-refractivity contribution in [1.82, 2.24) is 15.2 Å². The normalized spacial score (nSPS) is 11.5. The molecule has 0 aliphatic carbocycles. The van der Waals surface area contributed by atoms with Gasteiger partial charge in [-0.05, 0) is 57.2 Å². The molecule has 3 rings (SSSR count). The first-order chi connectivity index (χ1) is 15.6. The minimum atomic E-state index is -0.581. The summed E-state index contributed by atoms with van der Waals surface area (Å²) in [6, 6.07) is 11.8. The van der Waals surface area contributed by atoms with Crippen molar-refractivity contribution in [3.05, 3.63) is 63.9 Å². The first kappa shape index (κ1) is 23.9. The summed E-state index contributed by atoms with van der Waals surface area (Å²) in [5, 5.41) is 13.2. The third-order valence-corrected chi connectivity index (χ3v) is 5.61. The van der Waals surface area contributed by atoms with Crippen LogP contribution in [-0.2, 0) is 9.59 Å². The van der Waals surface area contributed by atoms with Crippen LogP contribution < -0.4 is 16.2 Å². The van der Waals surface area contributed by atoms with Gasteiger partial charge < -0.3 is 10.6 Å². The zero-order chi connectivity index (χ0) is 24.1. The van der Waals surface area contributed by atoms with Crippen molar-refractivity contribution in [3.63, 3.8) is 0 Å². The predicted octanol–water partition coefficient (Wildman–Crippen LogP) is 3.42. The largest absolute Gasteiger partial charge is 0.326 e. The molecule has 10 heteroatoms. The van der Waals surface area contributed by atoms with E-state index in [0.717, 1.165) is 17.3 Å². The van der Waals surface area contributed by atoms with Crippen molar-refractivity contribution in [2.75, 3.05) is 10.6 Å². The number of rotatable bonds is 7. The molecule has 0 saturated carbocycles. The molecule has 1 atom stereocenters. The van der Waals surface area contributed by atoms with Gasteiger partial charge in [0.15, 0.2) is 16.6 Å². The Bertz CT molecular complexity index is 1270. The van der Waals surface area contributed by atoms with Gasteiger partial charge in [0.25, 0.3) is 5.56 Å². The average molecular weight is 466 g/mol. The van der Waals surface area contributed by atoms with Crippen molar-refractivity contribution in [1.29, 1.82) is 0 Å². The van der Waals surface area contributed by atoms with Gasteiger partial charge in [-0.1, -0.05) is 23.4 Å². The Balaban J connectivity index is 1.74. The Hall–Kier alpha value is -3.79. The summed E-state index contributed by atoms with van der Waals surface area (Å²) in [6.45, 7) is 6.39. The maximum atomic E-state index is 12.7. The average Bonchev–Trinajstić information content (AvgIpc) is 2.75. The molecule has 33 heavy (non-hydrogen) atoms. The molecule has 1 aromatic heterocycles. The molecule has 0 unspecified atom stereocenters. The number of hydrogen-bond donors (Lipinski definition) is 3. The van der Waals surface area contributed by atoms with Crippen LogP contribution in [0.4, 0.5) is 11.4 Å². The van der Waals surface area contributed by atoms with Crippen molar-refractivity contribution >= 4 is 40.7 Å². The molecule has 9 nitrogen and oxygen atoms in total. The lowest BCUT2D eigenvalue weighted by Gasteiger charge is -2.12. The number of carbonyl (C=O) groups excluding carboxylic acids is 3. The minimum absolute atomic E-state index is 0.0577. The lowest BCUT2D eigenvalue weighted by molar-refractivity contribution is -0.115. The molecule has 0 fully saturated rings. The second-order valence-electron chi connectivity index (χ2n) is 7.42.